The average Bonchev–Trinajstić information content (AvgIpc) is 2.41. The highest BCUT2D eigenvalue weighted by molar-refractivity contribution is 5.57. The lowest BCUT2D eigenvalue weighted by Gasteiger charge is -2.16. The first kappa shape index (κ1) is 19.4. The summed E-state index contributed by atoms with van der Waals surface area (Å²) in [4.78, 5) is 9.56. The van der Waals surface area contributed by atoms with E-state index in [0.717, 1.165) is 12.8 Å². The Morgan fingerprint density at radius 1 is 0.850 bits per heavy atom. The van der Waals surface area contributed by atoms with E-state index < -0.39 is 10.9 Å². The fourth-order valence-corrected chi connectivity index (χ4v) is 2.14. The van der Waals surface area contributed by atoms with Crippen LogP contribution >= 0.6 is 0 Å². The molecular formula is C15H32NO4+. The third-order valence-electron chi connectivity index (χ3n) is 3.38. The lowest BCUT2D eigenvalue weighted by molar-refractivity contribution is -1.19. The first-order valence-electron chi connectivity index (χ1n) is 8.05. The van der Waals surface area contributed by atoms with Gasteiger partial charge in [-0.3, -0.25) is 0 Å². The van der Waals surface area contributed by atoms with E-state index >= 15 is 0 Å². The van der Waals surface area contributed by atoms with Crippen LogP contribution in [0.25, 0.3) is 0 Å². The Kier molecular flexibility index (Phi) is 11.7. The summed E-state index contributed by atoms with van der Waals surface area (Å²) in [5.41, 5.74) is 0. The summed E-state index contributed by atoms with van der Waals surface area (Å²) in [6.45, 7) is 4.00. The highest BCUT2D eigenvalue weighted by Crippen LogP contribution is 2.12. The number of ether oxygens (including phenoxy) is 1. The number of amides is 1. The second kappa shape index (κ2) is 12.1. The van der Waals surface area contributed by atoms with Gasteiger partial charge < -0.3 is 4.74 Å². The molecule has 0 rings (SSSR count). The van der Waals surface area contributed by atoms with Gasteiger partial charge in [-0.15, -0.1) is 0 Å². The summed E-state index contributed by atoms with van der Waals surface area (Å²) >= 11 is 0. The lowest BCUT2D eigenvalue weighted by Crippen LogP contribution is -2.47. The van der Waals surface area contributed by atoms with Crippen molar-refractivity contribution in [2.24, 2.45) is 0 Å². The monoisotopic (exact) mass is 290 g/mol. The first-order chi connectivity index (χ1) is 9.54. The normalized spacial score (nSPS) is 11.6. The summed E-state index contributed by atoms with van der Waals surface area (Å²) in [6, 6.07) is 0. The minimum absolute atomic E-state index is 0.00463. The number of hydrogen-bond acceptors (Lipinski definition) is 4. The average molecular weight is 290 g/mol. The van der Waals surface area contributed by atoms with Crippen molar-refractivity contribution < 1.29 is 24.8 Å². The van der Waals surface area contributed by atoms with Crippen LogP contribution in [0, 0.1) is 0 Å². The van der Waals surface area contributed by atoms with E-state index in [1.165, 1.54) is 44.9 Å². The van der Waals surface area contributed by atoms with Gasteiger partial charge in [-0.05, 0) is 13.3 Å². The van der Waals surface area contributed by atoms with E-state index in [-0.39, 0.29) is 13.2 Å². The molecule has 0 saturated heterocycles. The number of unbranched alkanes of at least 4 members (excludes halogenated alkanes) is 9. The van der Waals surface area contributed by atoms with Crippen LogP contribution in [-0.2, 0) is 4.74 Å². The van der Waals surface area contributed by atoms with Crippen LogP contribution in [0.15, 0.2) is 0 Å². The van der Waals surface area contributed by atoms with Crippen molar-refractivity contribution >= 4 is 6.09 Å². The van der Waals surface area contributed by atoms with E-state index in [0.29, 0.717) is 6.42 Å². The summed E-state index contributed by atoms with van der Waals surface area (Å²) in [5.74, 6) is 0. The molecule has 0 radical (unpaired) electrons. The van der Waals surface area contributed by atoms with Crippen molar-refractivity contribution in [3.63, 3.8) is 0 Å². The molecule has 0 atom stereocenters. The molecule has 20 heavy (non-hydrogen) atoms. The van der Waals surface area contributed by atoms with Crippen molar-refractivity contribution in [1.82, 2.24) is 0 Å². The Morgan fingerprint density at radius 3 is 1.75 bits per heavy atom. The number of carbonyl (C=O) groups excluding carboxylic acids is 1. The molecule has 0 spiro atoms. The standard InChI is InChI=1S/C15H32NO4/c1-3-5-6-7-8-9-10-11-12-13-14-16(18,19)15(17)20-4-2/h18-19H,3-14H2,1-2H3/q+1. The van der Waals surface area contributed by atoms with Crippen LogP contribution in [0.1, 0.15) is 78.1 Å². The van der Waals surface area contributed by atoms with Crippen LogP contribution in [-0.4, -0.2) is 34.5 Å². The Balaban J connectivity index is 3.41. The van der Waals surface area contributed by atoms with Gasteiger partial charge in [0.05, 0.1) is 11.4 Å². The molecule has 5 nitrogen and oxygen atoms in total. The molecule has 1 amide bonds. The molecule has 0 bridgehead atoms. The fourth-order valence-electron chi connectivity index (χ4n) is 2.14. The van der Waals surface area contributed by atoms with Crippen LogP contribution in [0.2, 0.25) is 0 Å². The zero-order chi connectivity index (χ0) is 15.3. The highest BCUT2D eigenvalue weighted by Gasteiger charge is 2.36. The van der Waals surface area contributed by atoms with Crippen LogP contribution < -0.4 is 0 Å². The van der Waals surface area contributed by atoms with Crippen molar-refractivity contribution in [2.75, 3.05) is 13.2 Å². The Morgan fingerprint density at radius 2 is 1.30 bits per heavy atom. The molecule has 0 fully saturated rings. The van der Waals surface area contributed by atoms with Gasteiger partial charge in [-0.2, -0.15) is 15.2 Å². The first-order valence-corrected chi connectivity index (χ1v) is 8.05. The summed E-state index contributed by atoms with van der Waals surface area (Å²) < 4.78 is 4.58. The number of nitrogens with zero attached hydrogens (tertiary/aromatic N) is 1. The zero-order valence-corrected chi connectivity index (χ0v) is 13.1. The van der Waals surface area contributed by atoms with Gasteiger partial charge >= 0.3 is 6.09 Å². The number of rotatable bonds is 12. The van der Waals surface area contributed by atoms with Crippen LogP contribution in [0.3, 0.4) is 0 Å². The van der Waals surface area contributed by atoms with E-state index in [2.05, 4.69) is 11.7 Å². The molecule has 0 saturated carbocycles. The van der Waals surface area contributed by atoms with Gasteiger partial charge in [0.25, 0.3) is 0 Å². The third-order valence-corrected chi connectivity index (χ3v) is 3.38. The Hall–Kier alpha value is -0.650. The SMILES string of the molecule is CCCCCCCCCCCC[N+](O)(O)C(=O)OCC. The molecule has 2 N–H and O–H groups in total. The molecule has 120 valence electrons. The second-order valence-electron chi connectivity index (χ2n) is 5.33. The second-order valence-corrected chi connectivity index (χ2v) is 5.33. The van der Waals surface area contributed by atoms with Crippen LogP contribution in [0.5, 0.6) is 0 Å². The molecule has 0 aliphatic carbocycles. The maximum Gasteiger partial charge on any atom is 0.584 e. The predicted molar refractivity (Wildman–Crippen MR) is 77.6 cm³/mol. The quantitative estimate of drug-likeness (QED) is 0.237. The number of quaternary nitrogens is 1. The van der Waals surface area contributed by atoms with E-state index in [1.54, 1.807) is 6.92 Å². The molecule has 0 unspecified atom stereocenters. The van der Waals surface area contributed by atoms with Gasteiger partial charge in [0.15, 0.2) is 6.54 Å². The Bertz CT molecular complexity index is 244. The summed E-state index contributed by atoms with van der Waals surface area (Å²) in [5, 5.41) is 18.9. The number of hydroxylamine groups is 4. The maximum atomic E-state index is 11.2. The maximum absolute atomic E-state index is 11.2. The molecular weight excluding hydrogens is 258 g/mol. The van der Waals surface area contributed by atoms with Crippen molar-refractivity contribution in [3.05, 3.63) is 0 Å². The van der Waals surface area contributed by atoms with Crippen molar-refractivity contribution in [2.45, 2.75) is 78.1 Å². The van der Waals surface area contributed by atoms with E-state index in [1.807, 2.05) is 0 Å². The predicted octanol–water partition coefficient (Wildman–Crippen LogP) is 4.66. The largest absolute Gasteiger partial charge is 0.584 e. The molecule has 0 aromatic carbocycles. The summed E-state index contributed by atoms with van der Waals surface area (Å²) in [6.07, 6.45) is 10.6. The van der Waals surface area contributed by atoms with E-state index in [4.69, 9.17) is 0 Å². The molecule has 0 aromatic heterocycles. The van der Waals surface area contributed by atoms with Gasteiger partial charge in [0.2, 0.25) is 0 Å². The molecule has 0 aromatic rings. The molecule has 0 aliphatic heterocycles. The Labute approximate surface area is 123 Å². The summed E-state index contributed by atoms with van der Waals surface area (Å²) in [7, 11) is 0. The highest BCUT2D eigenvalue weighted by atomic mass is 16.9. The van der Waals surface area contributed by atoms with Crippen molar-refractivity contribution in [1.29, 1.82) is 0 Å². The van der Waals surface area contributed by atoms with Gasteiger partial charge in [0.1, 0.15) is 0 Å². The number of carbonyl (C=O) groups is 1. The smallest absolute Gasteiger partial charge is 0.416 e. The van der Waals surface area contributed by atoms with Crippen molar-refractivity contribution in [3.8, 4) is 0 Å². The minimum atomic E-state index is -1.65. The lowest BCUT2D eigenvalue weighted by atomic mass is 10.1. The van der Waals surface area contributed by atoms with Gasteiger partial charge in [-0.1, -0.05) is 58.3 Å². The molecule has 0 aliphatic rings. The van der Waals surface area contributed by atoms with Crippen LogP contribution in [0.4, 0.5) is 4.79 Å². The fraction of sp³-hybridized carbons (Fsp3) is 0.933. The van der Waals surface area contributed by atoms with Gasteiger partial charge in [0, 0.05) is 6.42 Å². The van der Waals surface area contributed by atoms with E-state index in [9.17, 15) is 15.2 Å². The molecule has 0 heterocycles. The zero-order valence-electron chi connectivity index (χ0n) is 13.1. The minimum Gasteiger partial charge on any atom is -0.416 e. The third kappa shape index (κ3) is 10.2. The topological polar surface area (TPSA) is 66.8 Å². The number of hydrogen-bond donors (Lipinski definition) is 2. The van der Waals surface area contributed by atoms with Gasteiger partial charge in [-0.25, -0.2) is 0 Å². The molecule has 5 heteroatoms.